The smallest absolute Gasteiger partial charge is 0.121 e. The molecule has 2 aromatic heterocycles. The molecule has 0 atom stereocenters. The second kappa shape index (κ2) is 8.28. The van der Waals surface area contributed by atoms with Crippen LogP contribution in [0.1, 0.15) is 12.5 Å². The third-order valence-corrected chi connectivity index (χ3v) is 4.89. The Balaban J connectivity index is 1.79. The summed E-state index contributed by atoms with van der Waals surface area (Å²) in [7, 11) is 1.69. The number of nitrogens with two attached hydrogens (primary N) is 1. The van der Waals surface area contributed by atoms with E-state index in [1.165, 1.54) is 5.56 Å². The fourth-order valence-electron chi connectivity index (χ4n) is 3.36. The third kappa shape index (κ3) is 3.90. The summed E-state index contributed by atoms with van der Waals surface area (Å²) in [6.45, 7) is 3.34. The van der Waals surface area contributed by atoms with E-state index in [9.17, 15) is 0 Å². The second-order valence-corrected chi connectivity index (χ2v) is 6.75. The number of methoxy groups -OCH3 is 1. The van der Waals surface area contributed by atoms with Crippen LogP contribution in [0.15, 0.2) is 55.0 Å². The van der Waals surface area contributed by atoms with Gasteiger partial charge in [-0.3, -0.25) is 10.1 Å². The molecule has 4 rings (SSSR count). The molecular weight excluding hydrogens is 364 g/mol. The number of aromatic amines is 1. The summed E-state index contributed by atoms with van der Waals surface area (Å²) < 4.78 is 5.50. The number of nitrogens with one attached hydrogen (secondary N) is 1. The molecule has 0 bridgehead atoms. The molecule has 7 heteroatoms. The maximum atomic E-state index is 5.93. The van der Waals surface area contributed by atoms with Crippen LogP contribution in [-0.2, 0) is 6.42 Å². The van der Waals surface area contributed by atoms with Gasteiger partial charge in [0.1, 0.15) is 5.75 Å². The number of anilines is 2. The van der Waals surface area contributed by atoms with E-state index in [1.54, 1.807) is 19.5 Å². The Morgan fingerprint density at radius 1 is 1.07 bits per heavy atom. The lowest BCUT2D eigenvalue weighted by atomic mass is 10.1. The molecule has 0 radical (unpaired) electrons. The number of fused-ring (bicyclic) bond motifs is 1. The van der Waals surface area contributed by atoms with Crippen LogP contribution in [0.4, 0.5) is 11.4 Å². The molecule has 0 aliphatic heterocycles. The van der Waals surface area contributed by atoms with E-state index in [1.807, 2.05) is 24.4 Å². The number of benzene rings is 2. The molecule has 0 unspecified atom stereocenters. The van der Waals surface area contributed by atoms with Gasteiger partial charge in [0.2, 0.25) is 0 Å². The monoisotopic (exact) mass is 388 g/mol. The van der Waals surface area contributed by atoms with Gasteiger partial charge in [-0.2, -0.15) is 5.10 Å². The van der Waals surface area contributed by atoms with Crippen molar-refractivity contribution in [1.82, 2.24) is 20.2 Å². The molecular formula is C22H24N6O. The summed E-state index contributed by atoms with van der Waals surface area (Å²) in [5.41, 5.74) is 12.6. The van der Waals surface area contributed by atoms with E-state index < -0.39 is 0 Å². The number of hydrogen-bond acceptors (Lipinski definition) is 6. The van der Waals surface area contributed by atoms with Crippen molar-refractivity contribution in [3.05, 3.63) is 60.6 Å². The van der Waals surface area contributed by atoms with Crippen LogP contribution >= 0.6 is 0 Å². The van der Waals surface area contributed by atoms with E-state index in [2.05, 4.69) is 45.2 Å². The zero-order chi connectivity index (χ0) is 20.2. The summed E-state index contributed by atoms with van der Waals surface area (Å²) in [6.07, 6.45) is 6.24. The van der Waals surface area contributed by atoms with Crippen molar-refractivity contribution in [3.8, 4) is 17.0 Å². The van der Waals surface area contributed by atoms with Gasteiger partial charge in [0.05, 0.1) is 36.2 Å². The molecule has 0 fully saturated rings. The maximum absolute atomic E-state index is 5.93. The van der Waals surface area contributed by atoms with Crippen LogP contribution in [0.2, 0.25) is 0 Å². The van der Waals surface area contributed by atoms with Gasteiger partial charge in [-0.25, -0.2) is 4.98 Å². The van der Waals surface area contributed by atoms with Crippen molar-refractivity contribution in [2.75, 3.05) is 25.1 Å². The number of aromatic nitrogens is 4. The van der Waals surface area contributed by atoms with Gasteiger partial charge >= 0.3 is 0 Å². The van der Waals surface area contributed by atoms with Crippen molar-refractivity contribution in [1.29, 1.82) is 0 Å². The van der Waals surface area contributed by atoms with Crippen molar-refractivity contribution in [3.63, 3.8) is 0 Å². The van der Waals surface area contributed by atoms with Crippen LogP contribution < -0.4 is 15.4 Å². The van der Waals surface area contributed by atoms with E-state index in [0.29, 0.717) is 13.1 Å². The highest BCUT2D eigenvalue weighted by atomic mass is 16.5. The van der Waals surface area contributed by atoms with Crippen molar-refractivity contribution in [2.24, 2.45) is 5.73 Å². The van der Waals surface area contributed by atoms with Crippen LogP contribution in [0.5, 0.6) is 5.75 Å². The van der Waals surface area contributed by atoms with E-state index >= 15 is 0 Å². The standard InChI is InChI=1S/C22H24N6O/c1-3-15-8-18(10-19(9-15)29-2)28(7-6-23)17-4-5-20-21(11-17)27-22(14-24-20)16-12-25-26-13-16/h4-5,8-14H,3,6-7,23H2,1-2H3,(H,25,26). The van der Waals surface area contributed by atoms with E-state index in [0.717, 1.165) is 45.8 Å². The van der Waals surface area contributed by atoms with Gasteiger partial charge in [-0.05, 0) is 42.3 Å². The number of ether oxygens (including phenoxy) is 1. The molecule has 0 amide bonds. The molecule has 0 saturated carbocycles. The Bertz CT molecular complexity index is 1090. The lowest BCUT2D eigenvalue weighted by Gasteiger charge is -2.25. The normalized spacial score (nSPS) is 11.0. The molecule has 3 N–H and O–H groups in total. The minimum absolute atomic E-state index is 0.525. The number of aryl methyl sites for hydroxylation is 1. The fourth-order valence-corrected chi connectivity index (χ4v) is 3.36. The molecule has 0 spiro atoms. The number of rotatable bonds is 7. The summed E-state index contributed by atoms with van der Waals surface area (Å²) >= 11 is 0. The Kier molecular flexibility index (Phi) is 5.39. The van der Waals surface area contributed by atoms with Gasteiger partial charge in [0.25, 0.3) is 0 Å². The van der Waals surface area contributed by atoms with Crippen LogP contribution in [0, 0.1) is 0 Å². The molecule has 148 valence electrons. The van der Waals surface area contributed by atoms with Gasteiger partial charge in [-0.1, -0.05) is 6.92 Å². The fraction of sp³-hybridized carbons (Fsp3) is 0.227. The average molecular weight is 388 g/mol. The first-order valence-electron chi connectivity index (χ1n) is 9.63. The summed E-state index contributed by atoms with van der Waals surface area (Å²) in [5.74, 6) is 0.837. The Morgan fingerprint density at radius 3 is 2.69 bits per heavy atom. The summed E-state index contributed by atoms with van der Waals surface area (Å²) in [6, 6.07) is 12.4. The lowest BCUT2D eigenvalue weighted by molar-refractivity contribution is 0.414. The molecule has 0 aliphatic carbocycles. The zero-order valence-corrected chi connectivity index (χ0v) is 16.6. The van der Waals surface area contributed by atoms with Crippen molar-refractivity contribution < 1.29 is 4.74 Å². The van der Waals surface area contributed by atoms with Crippen molar-refractivity contribution >= 4 is 22.4 Å². The number of hydrogen-bond donors (Lipinski definition) is 2. The first-order valence-corrected chi connectivity index (χ1v) is 9.63. The largest absolute Gasteiger partial charge is 0.497 e. The minimum atomic E-state index is 0.525. The number of H-pyrrole nitrogens is 1. The van der Waals surface area contributed by atoms with Gasteiger partial charge in [0.15, 0.2) is 0 Å². The highest BCUT2D eigenvalue weighted by Crippen LogP contribution is 2.31. The first-order chi connectivity index (χ1) is 14.2. The molecule has 0 saturated heterocycles. The zero-order valence-electron chi connectivity index (χ0n) is 16.6. The van der Waals surface area contributed by atoms with Crippen LogP contribution in [-0.4, -0.2) is 40.4 Å². The van der Waals surface area contributed by atoms with Crippen molar-refractivity contribution in [2.45, 2.75) is 13.3 Å². The van der Waals surface area contributed by atoms with Gasteiger partial charge < -0.3 is 15.4 Å². The SMILES string of the molecule is CCc1cc(OC)cc(N(CCN)c2ccc3ncc(-c4cn[nH]c4)nc3c2)c1. The Morgan fingerprint density at radius 2 is 1.97 bits per heavy atom. The Hall–Kier alpha value is -3.45. The minimum Gasteiger partial charge on any atom is -0.497 e. The molecule has 4 aromatic rings. The predicted octanol–water partition coefficient (Wildman–Crippen LogP) is 3.69. The highest BCUT2D eigenvalue weighted by Gasteiger charge is 2.13. The van der Waals surface area contributed by atoms with Crippen LogP contribution in [0.3, 0.4) is 0 Å². The van der Waals surface area contributed by atoms with E-state index in [4.69, 9.17) is 15.5 Å². The topological polar surface area (TPSA) is 93.0 Å². The summed E-state index contributed by atoms with van der Waals surface area (Å²) in [4.78, 5) is 11.5. The van der Waals surface area contributed by atoms with E-state index in [-0.39, 0.29) is 0 Å². The predicted molar refractivity (Wildman–Crippen MR) is 116 cm³/mol. The summed E-state index contributed by atoms with van der Waals surface area (Å²) in [5, 5.41) is 6.81. The first kappa shape index (κ1) is 18.9. The highest BCUT2D eigenvalue weighted by molar-refractivity contribution is 5.82. The molecule has 2 heterocycles. The molecule has 7 nitrogen and oxygen atoms in total. The third-order valence-electron chi connectivity index (χ3n) is 4.89. The van der Waals surface area contributed by atoms with Crippen LogP contribution in [0.25, 0.3) is 22.3 Å². The number of nitrogens with zero attached hydrogens (tertiary/aromatic N) is 4. The quantitative estimate of drug-likeness (QED) is 0.502. The maximum Gasteiger partial charge on any atom is 0.121 e. The second-order valence-electron chi connectivity index (χ2n) is 6.75. The Labute approximate surface area is 169 Å². The van der Waals surface area contributed by atoms with Gasteiger partial charge in [0, 0.05) is 42.3 Å². The average Bonchev–Trinajstić information content (AvgIpc) is 3.31. The molecule has 2 aromatic carbocycles. The van der Waals surface area contributed by atoms with Gasteiger partial charge in [-0.15, -0.1) is 0 Å². The lowest BCUT2D eigenvalue weighted by Crippen LogP contribution is -2.25. The molecule has 0 aliphatic rings. The molecule has 29 heavy (non-hydrogen) atoms.